The van der Waals surface area contributed by atoms with E-state index in [2.05, 4.69) is 10.6 Å². The van der Waals surface area contributed by atoms with Gasteiger partial charge in [0.05, 0.1) is 10.6 Å². The zero-order valence-electron chi connectivity index (χ0n) is 12.4. The van der Waals surface area contributed by atoms with Crippen molar-refractivity contribution in [2.45, 2.75) is 13.1 Å². The normalized spacial score (nSPS) is 11.0. The molecule has 0 spiro atoms. The topological polar surface area (TPSA) is 58.2 Å². The van der Waals surface area contributed by atoms with Crippen molar-refractivity contribution in [3.63, 3.8) is 0 Å². The van der Waals surface area contributed by atoms with E-state index in [0.29, 0.717) is 11.8 Å². The van der Waals surface area contributed by atoms with E-state index in [0.717, 1.165) is 11.6 Å². The van der Waals surface area contributed by atoms with E-state index in [1.807, 2.05) is 13.0 Å². The molecule has 0 aromatic heterocycles. The Morgan fingerprint density at radius 1 is 0.958 bits per heavy atom. The van der Waals surface area contributed by atoms with Gasteiger partial charge in [0.1, 0.15) is 0 Å². The maximum atomic E-state index is 12.8. The molecule has 4 nitrogen and oxygen atoms in total. The summed E-state index contributed by atoms with van der Waals surface area (Å²) in [5.41, 5.74) is 0.000131. The highest BCUT2D eigenvalue weighted by molar-refractivity contribution is 6.43. The molecule has 8 heteroatoms. The summed E-state index contributed by atoms with van der Waals surface area (Å²) in [6, 6.07) is 9.57. The van der Waals surface area contributed by atoms with Crippen LogP contribution in [0.15, 0.2) is 42.5 Å². The van der Waals surface area contributed by atoms with E-state index < -0.39 is 28.6 Å². The fourth-order valence-electron chi connectivity index (χ4n) is 1.92. The van der Waals surface area contributed by atoms with Gasteiger partial charge in [0.25, 0.3) is 0 Å². The zero-order chi connectivity index (χ0) is 17.9. The van der Waals surface area contributed by atoms with Gasteiger partial charge in [-0.25, -0.2) is 0 Å². The predicted molar refractivity (Wildman–Crippen MR) is 84.9 cm³/mol. The molecular formula is C16H12ClF3N2O2. The second kappa shape index (κ2) is 6.92. The van der Waals surface area contributed by atoms with Crippen molar-refractivity contribution in [1.82, 2.24) is 0 Å². The van der Waals surface area contributed by atoms with Crippen LogP contribution < -0.4 is 10.6 Å². The van der Waals surface area contributed by atoms with Gasteiger partial charge in [0.15, 0.2) is 0 Å². The molecule has 126 valence electrons. The Balaban J connectivity index is 2.10. The van der Waals surface area contributed by atoms with Crippen molar-refractivity contribution >= 4 is 34.8 Å². The lowest BCUT2D eigenvalue weighted by atomic mass is 10.2. The summed E-state index contributed by atoms with van der Waals surface area (Å²) >= 11 is 5.49. The maximum Gasteiger partial charge on any atom is 0.417 e. The van der Waals surface area contributed by atoms with Crippen molar-refractivity contribution in [3.05, 3.63) is 58.6 Å². The van der Waals surface area contributed by atoms with Gasteiger partial charge in [-0.1, -0.05) is 23.7 Å². The second-order valence-electron chi connectivity index (χ2n) is 4.97. The van der Waals surface area contributed by atoms with E-state index in [1.165, 1.54) is 6.07 Å². The molecule has 0 radical (unpaired) electrons. The van der Waals surface area contributed by atoms with Crippen LogP contribution in [0.3, 0.4) is 0 Å². The smallest absolute Gasteiger partial charge is 0.318 e. The van der Waals surface area contributed by atoms with Crippen LogP contribution in [0.1, 0.15) is 11.1 Å². The minimum Gasteiger partial charge on any atom is -0.318 e. The first kappa shape index (κ1) is 17.8. The van der Waals surface area contributed by atoms with Crippen molar-refractivity contribution in [1.29, 1.82) is 0 Å². The first-order chi connectivity index (χ1) is 11.2. The lowest BCUT2D eigenvalue weighted by Gasteiger charge is -2.12. The molecule has 2 rings (SSSR count). The summed E-state index contributed by atoms with van der Waals surface area (Å²) in [6.07, 6.45) is -4.67. The SMILES string of the molecule is Cc1cccc(NC(=O)C(=O)Nc2ccc(Cl)c(C(F)(F)F)c2)c1. The van der Waals surface area contributed by atoms with Crippen molar-refractivity contribution in [2.75, 3.05) is 10.6 Å². The van der Waals surface area contributed by atoms with E-state index in [-0.39, 0.29) is 5.69 Å². The molecule has 24 heavy (non-hydrogen) atoms. The quantitative estimate of drug-likeness (QED) is 0.790. The number of amides is 2. The Hall–Kier alpha value is -2.54. The highest BCUT2D eigenvalue weighted by Gasteiger charge is 2.33. The van der Waals surface area contributed by atoms with Crippen molar-refractivity contribution in [2.24, 2.45) is 0 Å². The van der Waals surface area contributed by atoms with E-state index in [4.69, 9.17) is 11.6 Å². The Kier molecular flexibility index (Phi) is 5.14. The van der Waals surface area contributed by atoms with Crippen LogP contribution in [0.5, 0.6) is 0 Å². The third-order valence-corrected chi connectivity index (χ3v) is 3.34. The van der Waals surface area contributed by atoms with Gasteiger partial charge in [0, 0.05) is 11.4 Å². The lowest BCUT2D eigenvalue weighted by Crippen LogP contribution is -2.29. The van der Waals surface area contributed by atoms with E-state index in [1.54, 1.807) is 18.2 Å². The average molecular weight is 357 g/mol. The molecule has 0 saturated carbocycles. The minimum atomic E-state index is -4.67. The monoisotopic (exact) mass is 356 g/mol. The summed E-state index contributed by atoms with van der Waals surface area (Å²) in [5.74, 6) is -2.09. The molecule has 0 aliphatic heterocycles. The van der Waals surface area contributed by atoms with Gasteiger partial charge >= 0.3 is 18.0 Å². The third-order valence-electron chi connectivity index (χ3n) is 3.01. The minimum absolute atomic E-state index is 0.184. The molecule has 0 aliphatic rings. The van der Waals surface area contributed by atoms with Crippen LogP contribution in [0.4, 0.5) is 24.5 Å². The Bertz CT molecular complexity index is 791. The molecule has 0 atom stereocenters. The number of nitrogens with one attached hydrogen (secondary N) is 2. The van der Waals surface area contributed by atoms with Crippen LogP contribution in [0.25, 0.3) is 0 Å². The Morgan fingerprint density at radius 2 is 1.54 bits per heavy atom. The van der Waals surface area contributed by atoms with Crippen LogP contribution in [-0.4, -0.2) is 11.8 Å². The van der Waals surface area contributed by atoms with Crippen molar-refractivity contribution in [3.8, 4) is 0 Å². The number of rotatable bonds is 2. The molecule has 0 saturated heterocycles. The molecule has 2 amide bonds. The fraction of sp³-hybridized carbons (Fsp3) is 0.125. The van der Waals surface area contributed by atoms with E-state index >= 15 is 0 Å². The van der Waals surface area contributed by atoms with Gasteiger partial charge in [-0.15, -0.1) is 0 Å². The summed E-state index contributed by atoms with van der Waals surface area (Å²) in [5, 5.41) is 3.97. The number of aryl methyl sites for hydroxylation is 1. The first-order valence-electron chi connectivity index (χ1n) is 6.72. The van der Waals surface area contributed by atoms with Gasteiger partial charge < -0.3 is 10.6 Å². The van der Waals surface area contributed by atoms with Gasteiger partial charge in [-0.05, 0) is 42.8 Å². The molecule has 0 fully saturated rings. The molecule has 2 N–H and O–H groups in total. The molecule has 2 aromatic carbocycles. The lowest BCUT2D eigenvalue weighted by molar-refractivity contribution is -0.137. The number of carbonyl (C=O) groups excluding carboxylic acids is 2. The molecule has 2 aromatic rings. The Labute approximate surface area is 140 Å². The highest BCUT2D eigenvalue weighted by Crippen LogP contribution is 2.36. The van der Waals surface area contributed by atoms with Crippen LogP contribution in [0, 0.1) is 6.92 Å². The molecular weight excluding hydrogens is 345 g/mol. The molecule has 0 aliphatic carbocycles. The highest BCUT2D eigenvalue weighted by atomic mass is 35.5. The number of alkyl halides is 3. The van der Waals surface area contributed by atoms with Crippen LogP contribution in [0.2, 0.25) is 5.02 Å². The number of benzene rings is 2. The largest absolute Gasteiger partial charge is 0.417 e. The summed E-state index contributed by atoms with van der Waals surface area (Å²) < 4.78 is 38.3. The standard InChI is InChI=1S/C16H12ClF3N2O2/c1-9-3-2-4-10(7-9)21-14(23)15(24)22-11-5-6-13(17)12(8-11)16(18,19)20/h2-8H,1H3,(H,21,23)(H,22,24). The number of hydrogen-bond acceptors (Lipinski definition) is 2. The van der Waals surface area contributed by atoms with Gasteiger partial charge in [-0.2, -0.15) is 13.2 Å². The molecule has 0 unspecified atom stereocenters. The average Bonchev–Trinajstić information content (AvgIpc) is 2.48. The third kappa shape index (κ3) is 4.48. The summed E-state index contributed by atoms with van der Waals surface area (Å²) in [4.78, 5) is 23.6. The number of hydrogen-bond donors (Lipinski definition) is 2. The van der Waals surface area contributed by atoms with Crippen LogP contribution in [-0.2, 0) is 15.8 Å². The fourth-order valence-corrected chi connectivity index (χ4v) is 2.14. The predicted octanol–water partition coefficient (Wildman–Crippen LogP) is 4.24. The summed E-state index contributed by atoms with van der Waals surface area (Å²) in [7, 11) is 0. The maximum absolute atomic E-state index is 12.8. The molecule has 0 heterocycles. The zero-order valence-corrected chi connectivity index (χ0v) is 13.1. The number of carbonyl (C=O) groups is 2. The van der Waals surface area contributed by atoms with Crippen molar-refractivity contribution < 1.29 is 22.8 Å². The second-order valence-corrected chi connectivity index (χ2v) is 5.38. The van der Waals surface area contributed by atoms with Gasteiger partial charge in [0.2, 0.25) is 0 Å². The van der Waals surface area contributed by atoms with E-state index in [9.17, 15) is 22.8 Å². The van der Waals surface area contributed by atoms with Gasteiger partial charge in [-0.3, -0.25) is 9.59 Å². The Morgan fingerprint density at radius 3 is 2.08 bits per heavy atom. The number of halogens is 4. The molecule has 0 bridgehead atoms. The number of anilines is 2. The summed E-state index contributed by atoms with van der Waals surface area (Å²) in [6.45, 7) is 1.81. The van der Waals surface area contributed by atoms with Crippen LogP contribution >= 0.6 is 11.6 Å². The first-order valence-corrected chi connectivity index (χ1v) is 7.10.